The van der Waals surface area contributed by atoms with Crippen LogP contribution in [0.1, 0.15) is 26.7 Å². The highest BCUT2D eigenvalue weighted by Gasteiger charge is 2.22. The number of nitrogens with one attached hydrogen (secondary N) is 1. The van der Waals surface area contributed by atoms with E-state index in [-0.39, 0.29) is 17.1 Å². The summed E-state index contributed by atoms with van der Waals surface area (Å²) in [5.74, 6) is -0.0408. The summed E-state index contributed by atoms with van der Waals surface area (Å²) in [4.78, 5) is 0. The van der Waals surface area contributed by atoms with E-state index < -0.39 is 0 Å². The third kappa shape index (κ3) is 4.70. The molecule has 1 rings (SSSR count). The fourth-order valence-corrected chi connectivity index (χ4v) is 2.14. The van der Waals surface area contributed by atoms with Crippen LogP contribution in [-0.4, -0.2) is 17.6 Å². The van der Waals surface area contributed by atoms with Gasteiger partial charge in [0, 0.05) is 22.1 Å². The number of hydrogen-bond acceptors (Lipinski definition) is 3. The summed E-state index contributed by atoms with van der Waals surface area (Å²) in [5.41, 5.74) is 6.13. The number of amidine groups is 1. The third-order valence-electron chi connectivity index (χ3n) is 3.03. The van der Waals surface area contributed by atoms with E-state index in [0.29, 0.717) is 4.47 Å². The average Bonchev–Trinajstić information content (AvgIpc) is 2.35. The molecule has 0 heterocycles. The van der Waals surface area contributed by atoms with Crippen LogP contribution >= 0.6 is 15.9 Å². The van der Waals surface area contributed by atoms with Crippen molar-refractivity contribution in [2.24, 2.45) is 16.3 Å². The minimum absolute atomic E-state index is 0.232. The quantitative estimate of drug-likeness (QED) is 0.245. The molecule has 4 nitrogen and oxygen atoms in total. The molecule has 0 aliphatic rings. The van der Waals surface area contributed by atoms with Gasteiger partial charge in [-0.05, 0) is 47.0 Å². The van der Waals surface area contributed by atoms with Crippen LogP contribution in [0.3, 0.4) is 0 Å². The molecule has 4 N–H and O–H groups in total. The van der Waals surface area contributed by atoms with Crippen LogP contribution < -0.4 is 11.1 Å². The Bertz CT molecular complexity index is 463. The van der Waals surface area contributed by atoms with Crippen molar-refractivity contribution in [1.82, 2.24) is 0 Å². The van der Waals surface area contributed by atoms with Gasteiger partial charge >= 0.3 is 0 Å². The topological polar surface area (TPSA) is 70.6 Å². The van der Waals surface area contributed by atoms with Crippen molar-refractivity contribution < 1.29 is 9.60 Å². The molecule has 0 amide bonds. The van der Waals surface area contributed by atoms with Crippen LogP contribution in [0.4, 0.5) is 10.1 Å². The van der Waals surface area contributed by atoms with E-state index in [2.05, 4.69) is 26.4 Å². The van der Waals surface area contributed by atoms with E-state index in [1.807, 2.05) is 13.8 Å². The first-order valence-electron chi connectivity index (χ1n) is 6.04. The van der Waals surface area contributed by atoms with Crippen LogP contribution in [-0.2, 0) is 0 Å². The average molecular weight is 332 g/mol. The Hall–Kier alpha value is -1.30. The number of nitrogens with zero attached hydrogens (tertiary/aromatic N) is 1. The van der Waals surface area contributed by atoms with E-state index in [1.165, 1.54) is 12.1 Å². The number of rotatable bonds is 6. The normalized spacial score (nSPS) is 12.5. The van der Waals surface area contributed by atoms with Gasteiger partial charge < -0.3 is 16.3 Å². The molecule has 0 radical (unpaired) electrons. The van der Waals surface area contributed by atoms with Crippen LogP contribution in [0.5, 0.6) is 0 Å². The molecule has 106 valence electrons. The Morgan fingerprint density at radius 2 is 2.21 bits per heavy atom. The van der Waals surface area contributed by atoms with Gasteiger partial charge in [-0.15, -0.1) is 0 Å². The van der Waals surface area contributed by atoms with Gasteiger partial charge in [-0.1, -0.05) is 19.0 Å². The predicted octanol–water partition coefficient (Wildman–Crippen LogP) is 3.55. The summed E-state index contributed by atoms with van der Waals surface area (Å²) in [5, 5.41) is 14.9. The maximum atomic E-state index is 12.9. The highest BCUT2D eigenvalue weighted by atomic mass is 79.9. The van der Waals surface area contributed by atoms with Crippen LogP contribution in [0, 0.1) is 11.2 Å². The molecule has 1 aromatic rings. The maximum Gasteiger partial charge on any atom is 0.144 e. The van der Waals surface area contributed by atoms with Crippen molar-refractivity contribution in [2.45, 2.75) is 26.7 Å². The molecule has 19 heavy (non-hydrogen) atoms. The maximum absolute atomic E-state index is 12.9. The number of hydrogen-bond donors (Lipinski definition) is 3. The Kier molecular flexibility index (Phi) is 5.60. The molecule has 0 unspecified atom stereocenters. The van der Waals surface area contributed by atoms with E-state index in [0.717, 1.165) is 25.1 Å². The van der Waals surface area contributed by atoms with Crippen molar-refractivity contribution in [2.75, 3.05) is 11.9 Å². The molecule has 0 bridgehead atoms. The summed E-state index contributed by atoms with van der Waals surface area (Å²) < 4.78 is 13.6. The monoisotopic (exact) mass is 331 g/mol. The second-order valence-corrected chi connectivity index (χ2v) is 5.88. The molecule has 0 aliphatic heterocycles. The Morgan fingerprint density at radius 3 is 2.79 bits per heavy atom. The molecule has 0 spiro atoms. The molecular weight excluding hydrogens is 313 g/mol. The fourth-order valence-electron chi connectivity index (χ4n) is 1.65. The summed E-state index contributed by atoms with van der Waals surface area (Å²) in [6.45, 7) is 4.58. The molecular formula is C13H19BrFN3O. The van der Waals surface area contributed by atoms with E-state index in [4.69, 9.17) is 10.9 Å². The lowest BCUT2D eigenvalue weighted by atomic mass is 9.86. The van der Waals surface area contributed by atoms with Crippen molar-refractivity contribution >= 4 is 27.5 Å². The Labute approximate surface area is 121 Å². The van der Waals surface area contributed by atoms with Gasteiger partial charge in [0.2, 0.25) is 0 Å². The minimum Gasteiger partial charge on any atom is -0.409 e. The summed E-state index contributed by atoms with van der Waals surface area (Å²) in [7, 11) is 0. The zero-order valence-corrected chi connectivity index (χ0v) is 12.7. The smallest absolute Gasteiger partial charge is 0.144 e. The lowest BCUT2D eigenvalue weighted by Gasteiger charge is -2.22. The molecule has 6 heteroatoms. The van der Waals surface area contributed by atoms with Gasteiger partial charge in [0.15, 0.2) is 0 Å². The first-order valence-corrected chi connectivity index (χ1v) is 6.83. The second kappa shape index (κ2) is 6.75. The Morgan fingerprint density at radius 1 is 1.53 bits per heavy atom. The summed E-state index contributed by atoms with van der Waals surface area (Å²) in [6, 6.07) is 4.52. The molecule has 1 aromatic carbocycles. The van der Waals surface area contributed by atoms with Crippen LogP contribution in [0.15, 0.2) is 27.8 Å². The van der Waals surface area contributed by atoms with Crippen molar-refractivity contribution in [3.63, 3.8) is 0 Å². The highest BCUT2D eigenvalue weighted by molar-refractivity contribution is 9.10. The molecule has 0 saturated heterocycles. The van der Waals surface area contributed by atoms with Crippen molar-refractivity contribution in [1.29, 1.82) is 0 Å². The zero-order chi connectivity index (χ0) is 14.5. The van der Waals surface area contributed by atoms with Gasteiger partial charge in [0.25, 0.3) is 0 Å². The predicted molar refractivity (Wildman–Crippen MR) is 79.0 cm³/mol. The second-order valence-electron chi connectivity index (χ2n) is 5.02. The van der Waals surface area contributed by atoms with E-state index in [1.54, 1.807) is 6.07 Å². The lowest BCUT2D eigenvalue weighted by molar-refractivity contribution is 0.305. The zero-order valence-electron chi connectivity index (χ0n) is 11.1. The van der Waals surface area contributed by atoms with Gasteiger partial charge in [-0.3, -0.25) is 0 Å². The molecule has 0 aromatic heterocycles. The van der Waals surface area contributed by atoms with Crippen LogP contribution in [0.2, 0.25) is 0 Å². The van der Waals surface area contributed by atoms with Gasteiger partial charge in [0.05, 0.1) is 0 Å². The molecule has 0 fully saturated rings. The number of halogens is 2. The molecule has 0 atom stereocenters. The van der Waals surface area contributed by atoms with Gasteiger partial charge in [-0.2, -0.15) is 0 Å². The SMILES string of the molecule is CC(C)(CCCNc1ccc(F)cc1Br)C(N)=NO. The number of nitrogens with two attached hydrogens (primary N) is 1. The third-order valence-corrected chi connectivity index (χ3v) is 3.68. The largest absolute Gasteiger partial charge is 0.409 e. The fraction of sp³-hybridized carbons (Fsp3) is 0.462. The number of benzene rings is 1. The van der Waals surface area contributed by atoms with E-state index >= 15 is 0 Å². The first kappa shape index (κ1) is 15.8. The summed E-state index contributed by atoms with van der Waals surface area (Å²) >= 11 is 3.30. The lowest BCUT2D eigenvalue weighted by Crippen LogP contribution is -2.32. The van der Waals surface area contributed by atoms with Gasteiger partial charge in [-0.25, -0.2) is 4.39 Å². The first-order chi connectivity index (χ1) is 8.86. The van der Waals surface area contributed by atoms with Crippen molar-refractivity contribution in [3.05, 3.63) is 28.5 Å². The molecule has 0 saturated carbocycles. The minimum atomic E-state index is -0.337. The van der Waals surface area contributed by atoms with Gasteiger partial charge in [0.1, 0.15) is 11.7 Å². The standard InChI is InChI=1S/C13H19BrFN3O/c1-13(2,12(16)18-19)6-3-7-17-11-5-4-9(15)8-10(11)14/h4-5,8,17,19H,3,6-7H2,1-2H3,(H2,16,18). The Balaban J connectivity index is 2.43. The molecule has 0 aliphatic carbocycles. The van der Waals surface area contributed by atoms with Crippen LogP contribution in [0.25, 0.3) is 0 Å². The van der Waals surface area contributed by atoms with Crippen molar-refractivity contribution in [3.8, 4) is 0 Å². The number of anilines is 1. The number of oxime groups is 1. The van der Waals surface area contributed by atoms with E-state index in [9.17, 15) is 4.39 Å². The highest BCUT2D eigenvalue weighted by Crippen LogP contribution is 2.25. The summed E-state index contributed by atoms with van der Waals surface area (Å²) in [6.07, 6.45) is 1.64.